The van der Waals surface area contributed by atoms with Crippen molar-refractivity contribution in [1.29, 1.82) is 0 Å². The molecule has 0 spiro atoms. The van der Waals surface area contributed by atoms with Gasteiger partial charge in [-0.3, -0.25) is 4.79 Å². The Morgan fingerprint density at radius 2 is 1.87 bits per heavy atom. The van der Waals surface area contributed by atoms with Gasteiger partial charge in [0.2, 0.25) is 0 Å². The third-order valence-corrected chi connectivity index (χ3v) is 3.66. The van der Waals surface area contributed by atoms with E-state index in [1.54, 1.807) is 26.0 Å². The van der Waals surface area contributed by atoms with Gasteiger partial charge in [-0.2, -0.15) is 0 Å². The van der Waals surface area contributed by atoms with Crippen LogP contribution in [-0.4, -0.2) is 11.5 Å². The lowest BCUT2D eigenvalue weighted by Gasteiger charge is -2.27. The summed E-state index contributed by atoms with van der Waals surface area (Å²) in [5.74, 6) is -0.189. The summed E-state index contributed by atoms with van der Waals surface area (Å²) in [6, 6.07) is 12.7. The fourth-order valence-corrected chi connectivity index (χ4v) is 2.27. The molecule has 0 heterocycles. The molecule has 2 aromatic rings. The molecule has 0 saturated heterocycles. The molecular formula is C18H19ClFNO2. The van der Waals surface area contributed by atoms with Gasteiger partial charge in [0.15, 0.2) is 5.60 Å². The average Bonchev–Trinajstić information content (AvgIpc) is 2.49. The zero-order valence-corrected chi connectivity index (χ0v) is 14.0. The molecule has 0 aliphatic carbocycles. The van der Waals surface area contributed by atoms with Gasteiger partial charge in [-0.25, -0.2) is 4.39 Å². The van der Waals surface area contributed by atoms with Gasteiger partial charge in [0, 0.05) is 5.02 Å². The van der Waals surface area contributed by atoms with Gasteiger partial charge >= 0.3 is 0 Å². The molecule has 0 bridgehead atoms. The molecule has 23 heavy (non-hydrogen) atoms. The molecule has 0 aromatic heterocycles. The van der Waals surface area contributed by atoms with E-state index < -0.39 is 5.60 Å². The van der Waals surface area contributed by atoms with E-state index in [4.69, 9.17) is 16.3 Å². The van der Waals surface area contributed by atoms with E-state index >= 15 is 0 Å². The number of halogens is 2. The quantitative estimate of drug-likeness (QED) is 0.872. The maximum absolute atomic E-state index is 12.9. The van der Waals surface area contributed by atoms with Crippen molar-refractivity contribution in [3.05, 3.63) is 64.9 Å². The zero-order chi connectivity index (χ0) is 17.0. The first-order valence-corrected chi connectivity index (χ1v) is 7.67. The van der Waals surface area contributed by atoms with Crippen LogP contribution >= 0.6 is 11.6 Å². The van der Waals surface area contributed by atoms with Crippen molar-refractivity contribution in [2.24, 2.45) is 0 Å². The minimum Gasteiger partial charge on any atom is -0.478 e. The number of amides is 1. The van der Waals surface area contributed by atoms with Gasteiger partial charge in [0.25, 0.3) is 5.91 Å². The SMILES string of the molecule is CC(NC(=O)C(C)(C)Oc1ccc(F)cc1)c1cccc(Cl)c1. The summed E-state index contributed by atoms with van der Waals surface area (Å²) in [7, 11) is 0. The Hall–Kier alpha value is -2.07. The average molecular weight is 336 g/mol. The Bertz CT molecular complexity index is 686. The second-order valence-electron chi connectivity index (χ2n) is 5.82. The van der Waals surface area contributed by atoms with Crippen molar-refractivity contribution >= 4 is 17.5 Å². The van der Waals surface area contributed by atoms with Crippen molar-refractivity contribution in [2.45, 2.75) is 32.4 Å². The van der Waals surface area contributed by atoms with E-state index in [2.05, 4.69) is 5.32 Å². The molecular weight excluding hydrogens is 317 g/mol. The van der Waals surface area contributed by atoms with Crippen LogP contribution in [0.1, 0.15) is 32.4 Å². The van der Waals surface area contributed by atoms with Crippen LogP contribution in [-0.2, 0) is 4.79 Å². The Balaban J connectivity index is 2.04. The lowest BCUT2D eigenvalue weighted by Crippen LogP contribution is -2.47. The van der Waals surface area contributed by atoms with Gasteiger partial charge in [0.1, 0.15) is 11.6 Å². The van der Waals surface area contributed by atoms with Gasteiger partial charge in [-0.1, -0.05) is 23.7 Å². The lowest BCUT2D eigenvalue weighted by atomic mass is 10.1. The summed E-state index contributed by atoms with van der Waals surface area (Å²) in [6.07, 6.45) is 0. The highest BCUT2D eigenvalue weighted by atomic mass is 35.5. The number of hydrogen-bond acceptors (Lipinski definition) is 2. The molecule has 3 nitrogen and oxygen atoms in total. The van der Waals surface area contributed by atoms with E-state index in [0.717, 1.165) is 5.56 Å². The number of carbonyl (C=O) groups is 1. The molecule has 1 atom stereocenters. The van der Waals surface area contributed by atoms with E-state index in [9.17, 15) is 9.18 Å². The predicted molar refractivity (Wildman–Crippen MR) is 89.1 cm³/mol. The Morgan fingerprint density at radius 3 is 2.48 bits per heavy atom. The van der Waals surface area contributed by atoms with Gasteiger partial charge < -0.3 is 10.1 Å². The molecule has 1 N–H and O–H groups in total. The highest BCUT2D eigenvalue weighted by Gasteiger charge is 2.31. The first-order valence-electron chi connectivity index (χ1n) is 7.29. The summed E-state index contributed by atoms with van der Waals surface area (Å²) in [4.78, 5) is 12.5. The molecule has 0 fully saturated rings. The smallest absolute Gasteiger partial charge is 0.264 e. The number of nitrogens with one attached hydrogen (secondary N) is 1. The zero-order valence-electron chi connectivity index (χ0n) is 13.3. The van der Waals surface area contributed by atoms with E-state index in [1.165, 1.54) is 24.3 Å². The van der Waals surface area contributed by atoms with Crippen LogP contribution in [0.5, 0.6) is 5.75 Å². The summed E-state index contributed by atoms with van der Waals surface area (Å²) in [5, 5.41) is 3.51. The summed E-state index contributed by atoms with van der Waals surface area (Å²) in [5.41, 5.74) is -0.187. The monoisotopic (exact) mass is 335 g/mol. The molecule has 2 aromatic carbocycles. The topological polar surface area (TPSA) is 38.3 Å². The van der Waals surface area contributed by atoms with Gasteiger partial charge in [-0.05, 0) is 62.7 Å². The highest BCUT2D eigenvalue weighted by molar-refractivity contribution is 6.30. The molecule has 2 rings (SSSR count). The normalized spacial score (nSPS) is 12.6. The largest absolute Gasteiger partial charge is 0.478 e. The highest BCUT2D eigenvalue weighted by Crippen LogP contribution is 2.21. The molecule has 0 aliphatic heterocycles. The van der Waals surface area contributed by atoms with E-state index in [1.807, 2.05) is 19.1 Å². The molecule has 0 aliphatic rings. The second kappa shape index (κ2) is 7.01. The lowest BCUT2D eigenvalue weighted by molar-refractivity contribution is -0.134. The summed E-state index contributed by atoms with van der Waals surface area (Å²) < 4.78 is 18.6. The molecule has 1 amide bonds. The van der Waals surface area contributed by atoms with Gasteiger partial charge in [-0.15, -0.1) is 0 Å². The maximum atomic E-state index is 12.9. The fraction of sp³-hybridized carbons (Fsp3) is 0.278. The van der Waals surface area contributed by atoms with Crippen LogP contribution in [0.4, 0.5) is 4.39 Å². The van der Waals surface area contributed by atoms with Crippen molar-refractivity contribution in [2.75, 3.05) is 0 Å². The molecule has 122 valence electrons. The van der Waals surface area contributed by atoms with Crippen LogP contribution in [0.3, 0.4) is 0 Å². The number of ether oxygens (including phenoxy) is 1. The van der Waals surface area contributed by atoms with Crippen molar-refractivity contribution in [3.8, 4) is 5.75 Å². The van der Waals surface area contributed by atoms with Crippen LogP contribution in [0.2, 0.25) is 5.02 Å². The fourth-order valence-electron chi connectivity index (χ4n) is 2.07. The number of benzene rings is 2. The van der Waals surface area contributed by atoms with Crippen molar-refractivity contribution < 1.29 is 13.9 Å². The minimum absolute atomic E-state index is 0.211. The van der Waals surface area contributed by atoms with Crippen LogP contribution in [0.25, 0.3) is 0 Å². The molecule has 1 unspecified atom stereocenters. The third-order valence-electron chi connectivity index (χ3n) is 3.43. The first-order chi connectivity index (χ1) is 10.8. The molecule has 0 radical (unpaired) electrons. The van der Waals surface area contributed by atoms with Crippen molar-refractivity contribution in [3.63, 3.8) is 0 Å². The standard InChI is InChI=1S/C18H19ClFNO2/c1-12(13-5-4-6-14(19)11-13)21-17(22)18(2,3)23-16-9-7-15(20)8-10-16/h4-12H,1-3H3,(H,21,22). The van der Waals surface area contributed by atoms with Crippen LogP contribution in [0.15, 0.2) is 48.5 Å². The summed E-state index contributed by atoms with van der Waals surface area (Å²) in [6.45, 7) is 5.20. The summed E-state index contributed by atoms with van der Waals surface area (Å²) >= 11 is 5.97. The van der Waals surface area contributed by atoms with Crippen LogP contribution in [0, 0.1) is 5.82 Å². The Kier molecular flexibility index (Phi) is 5.26. The predicted octanol–water partition coefficient (Wildman–Crippen LogP) is 4.51. The Labute approximate surface area is 140 Å². The second-order valence-corrected chi connectivity index (χ2v) is 6.25. The first kappa shape index (κ1) is 17.3. The number of hydrogen-bond donors (Lipinski definition) is 1. The third kappa shape index (κ3) is 4.70. The number of carbonyl (C=O) groups excluding carboxylic acids is 1. The minimum atomic E-state index is -1.09. The van der Waals surface area contributed by atoms with Crippen molar-refractivity contribution in [1.82, 2.24) is 5.32 Å². The van der Waals surface area contributed by atoms with E-state index in [-0.39, 0.29) is 17.8 Å². The molecule has 5 heteroatoms. The van der Waals surface area contributed by atoms with Crippen LogP contribution < -0.4 is 10.1 Å². The maximum Gasteiger partial charge on any atom is 0.264 e. The number of rotatable bonds is 5. The molecule has 0 saturated carbocycles. The van der Waals surface area contributed by atoms with E-state index in [0.29, 0.717) is 10.8 Å². The Morgan fingerprint density at radius 1 is 1.22 bits per heavy atom. The van der Waals surface area contributed by atoms with Gasteiger partial charge in [0.05, 0.1) is 6.04 Å².